The topological polar surface area (TPSA) is 87.4 Å². The van der Waals surface area contributed by atoms with Crippen molar-refractivity contribution in [1.82, 2.24) is 19.8 Å². The smallest absolute Gasteiger partial charge is 0.375 e. The van der Waals surface area contributed by atoms with E-state index in [9.17, 15) is 18.0 Å². The average Bonchev–Trinajstić information content (AvgIpc) is 3.29. The summed E-state index contributed by atoms with van der Waals surface area (Å²) < 4.78 is 42.0. The van der Waals surface area contributed by atoms with E-state index in [1.807, 2.05) is 17.9 Å². The molecule has 0 bridgehead atoms. The van der Waals surface area contributed by atoms with Crippen molar-refractivity contribution in [3.63, 3.8) is 0 Å². The number of rotatable bonds is 6. The zero-order valence-electron chi connectivity index (χ0n) is 21.7. The molecule has 39 heavy (non-hydrogen) atoms. The van der Waals surface area contributed by atoms with Crippen molar-refractivity contribution in [2.24, 2.45) is 0 Å². The fourth-order valence-electron chi connectivity index (χ4n) is 4.83. The minimum absolute atomic E-state index is 0.0926. The molecule has 5 rings (SSSR count). The summed E-state index contributed by atoms with van der Waals surface area (Å²) >= 11 is 1.29. The molecule has 1 saturated heterocycles. The molecule has 0 spiro atoms. The van der Waals surface area contributed by atoms with Crippen LogP contribution in [0.3, 0.4) is 0 Å². The Morgan fingerprint density at radius 2 is 1.82 bits per heavy atom. The van der Waals surface area contributed by atoms with Crippen LogP contribution in [0.2, 0.25) is 0 Å². The van der Waals surface area contributed by atoms with Gasteiger partial charge in [-0.15, -0.1) is 0 Å². The molecule has 0 atom stereocenters. The van der Waals surface area contributed by atoms with Crippen LogP contribution in [0.15, 0.2) is 48.7 Å². The summed E-state index contributed by atoms with van der Waals surface area (Å²) in [6.45, 7) is 8.26. The summed E-state index contributed by atoms with van der Waals surface area (Å²) in [5.74, 6) is -0.500. The van der Waals surface area contributed by atoms with Crippen LogP contribution in [-0.4, -0.2) is 58.4 Å². The Kier molecular flexibility index (Phi) is 7.57. The van der Waals surface area contributed by atoms with Gasteiger partial charge < -0.3 is 16.0 Å². The van der Waals surface area contributed by atoms with Crippen molar-refractivity contribution in [2.75, 3.05) is 43.8 Å². The highest BCUT2D eigenvalue weighted by Crippen LogP contribution is 2.35. The van der Waals surface area contributed by atoms with Crippen molar-refractivity contribution in [1.29, 1.82) is 0 Å². The third kappa shape index (κ3) is 6.05. The second kappa shape index (κ2) is 10.9. The summed E-state index contributed by atoms with van der Waals surface area (Å²) in [6.07, 6.45) is -2.84. The third-order valence-electron chi connectivity index (χ3n) is 7.05. The molecule has 1 fully saturated rings. The number of nitrogens with two attached hydrogens (primary N) is 1. The summed E-state index contributed by atoms with van der Waals surface area (Å²) in [6, 6.07) is 11.0. The van der Waals surface area contributed by atoms with Gasteiger partial charge in [0.25, 0.3) is 5.91 Å². The number of halogens is 3. The lowest BCUT2D eigenvalue weighted by atomic mass is 9.98. The number of carbonyl (C=O) groups is 1. The second-order valence-electron chi connectivity index (χ2n) is 9.66. The molecule has 0 saturated carbocycles. The Labute approximate surface area is 228 Å². The number of pyridine rings is 1. The number of benzene rings is 2. The van der Waals surface area contributed by atoms with Crippen LogP contribution in [0.4, 0.5) is 24.0 Å². The van der Waals surface area contributed by atoms with E-state index in [0.717, 1.165) is 60.3 Å². The van der Waals surface area contributed by atoms with Crippen LogP contribution >= 0.6 is 11.3 Å². The Balaban J connectivity index is 1.36. The summed E-state index contributed by atoms with van der Waals surface area (Å²) in [5.41, 5.74) is 8.80. The minimum atomic E-state index is -4.54. The fraction of sp³-hybridized carbons (Fsp3) is 0.321. The van der Waals surface area contributed by atoms with Crippen molar-refractivity contribution < 1.29 is 18.0 Å². The summed E-state index contributed by atoms with van der Waals surface area (Å²) in [5, 5.41) is 3.06. The first-order chi connectivity index (χ1) is 18.6. The van der Waals surface area contributed by atoms with Crippen LogP contribution < -0.4 is 11.1 Å². The van der Waals surface area contributed by atoms with E-state index < -0.39 is 17.6 Å². The second-order valence-corrected chi connectivity index (χ2v) is 10.7. The van der Waals surface area contributed by atoms with Gasteiger partial charge in [0.05, 0.1) is 5.56 Å². The maximum absolute atomic E-state index is 14.0. The van der Waals surface area contributed by atoms with E-state index in [2.05, 4.69) is 27.1 Å². The van der Waals surface area contributed by atoms with E-state index in [1.54, 1.807) is 24.4 Å². The molecule has 2 aromatic heterocycles. The number of nitrogens with one attached hydrogen (secondary N) is 1. The molecule has 1 amide bonds. The Bertz CT molecular complexity index is 1510. The third-order valence-corrected chi connectivity index (χ3v) is 7.86. The van der Waals surface area contributed by atoms with Gasteiger partial charge >= 0.3 is 6.18 Å². The number of anilines is 2. The lowest BCUT2D eigenvalue weighted by molar-refractivity contribution is -0.138. The van der Waals surface area contributed by atoms with Gasteiger partial charge in [-0.2, -0.15) is 13.2 Å². The van der Waals surface area contributed by atoms with Crippen LogP contribution in [0.5, 0.6) is 0 Å². The zero-order valence-corrected chi connectivity index (χ0v) is 22.5. The van der Waals surface area contributed by atoms with E-state index >= 15 is 0 Å². The van der Waals surface area contributed by atoms with E-state index in [1.165, 1.54) is 23.5 Å². The largest absolute Gasteiger partial charge is 0.416 e. The Hall–Kier alpha value is -3.54. The number of nitrogens with zero attached hydrogens (tertiary/aromatic N) is 4. The highest BCUT2D eigenvalue weighted by Gasteiger charge is 2.34. The van der Waals surface area contributed by atoms with Crippen molar-refractivity contribution in [3.8, 4) is 11.1 Å². The van der Waals surface area contributed by atoms with Gasteiger partial charge in [0.15, 0.2) is 5.13 Å². The first-order valence-corrected chi connectivity index (χ1v) is 13.5. The number of amides is 1. The first-order valence-electron chi connectivity index (χ1n) is 12.7. The molecule has 3 heterocycles. The normalized spacial score (nSPS) is 15.1. The predicted molar refractivity (Wildman–Crippen MR) is 149 cm³/mol. The number of aromatic nitrogens is 2. The molecule has 0 radical (unpaired) electrons. The van der Waals surface area contributed by atoms with Crippen molar-refractivity contribution in [2.45, 2.75) is 26.6 Å². The minimum Gasteiger partial charge on any atom is -0.375 e. The molecular formula is C28H29F3N6OS. The number of hydrogen-bond acceptors (Lipinski definition) is 7. The lowest BCUT2D eigenvalue weighted by Crippen LogP contribution is -2.45. The Morgan fingerprint density at radius 3 is 2.54 bits per heavy atom. The van der Waals surface area contributed by atoms with Crippen molar-refractivity contribution in [3.05, 3.63) is 70.9 Å². The maximum atomic E-state index is 14.0. The zero-order chi connectivity index (χ0) is 27.7. The Morgan fingerprint density at radius 1 is 1.08 bits per heavy atom. The molecule has 1 aliphatic rings. The summed E-state index contributed by atoms with van der Waals surface area (Å²) in [7, 11) is 0. The standard InChI is InChI=1S/C28H29F3N6OS/c1-3-36-8-10-37(11-9-36)16-19-6-7-21(14-23(19)28(29,30)31)34-25(38)18-5-4-17(2)22(12-18)20-13-24-26(33-15-20)39-27(32)35-24/h4-7,12-15H,3,8-11,16H2,1-2H3,(H2,32,35)(H,34,38). The number of fused-ring (bicyclic) bond motifs is 1. The van der Waals surface area contributed by atoms with Gasteiger partial charge in [0.2, 0.25) is 0 Å². The molecular weight excluding hydrogens is 525 g/mol. The van der Waals surface area contributed by atoms with Gasteiger partial charge in [0, 0.05) is 55.7 Å². The molecule has 11 heteroatoms. The predicted octanol–water partition coefficient (Wildman–Crippen LogP) is 5.66. The van der Waals surface area contributed by atoms with Crippen LogP contribution in [0.1, 0.15) is 34.0 Å². The number of hydrogen-bond donors (Lipinski definition) is 2. The molecule has 4 aromatic rings. The van der Waals surface area contributed by atoms with Gasteiger partial charge in [0.1, 0.15) is 10.3 Å². The summed E-state index contributed by atoms with van der Waals surface area (Å²) in [4.78, 5) is 26.8. The highest BCUT2D eigenvalue weighted by molar-refractivity contribution is 7.21. The number of aryl methyl sites for hydroxylation is 1. The monoisotopic (exact) mass is 554 g/mol. The number of alkyl halides is 3. The number of piperazine rings is 1. The SMILES string of the molecule is CCN1CCN(Cc2ccc(NC(=O)c3ccc(C)c(-c4cnc5sc(N)nc5c4)c3)cc2C(F)(F)F)CC1. The van der Waals surface area contributed by atoms with Gasteiger partial charge in [-0.1, -0.05) is 30.4 Å². The number of likely N-dealkylation sites (N-methyl/N-ethyl adjacent to an activating group) is 1. The molecule has 0 aliphatic carbocycles. The molecule has 1 aliphatic heterocycles. The van der Waals surface area contributed by atoms with Gasteiger partial charge in [-0.3, -0.25) is 9.69 Å². The quantitative estimate of drug-likeness (QED) is 0.320. The average molecular weight is 555 g/mol. The molecule has 204 valence electrons. The number of thiazole rings is 1. The van der Waals surface area contributed by atoms with Gasteiger partial charge in [-0.05, 0) is 60.5 Å². The number of carbonyl (C=O) groups excluding carboxylic acids is 1. The van der Waals surface area contributed by atoms with Crippen LogP contribution in [-0.2, 0) is 12.7 Å². The first kappa shape index (κ1) is 27.0. The van der Waals surface area contributed by atoms with E-state index in [0.29, 0.717) is 16.2 Å². The molecule has 7 nitrogen and oxygen atoms in total. The molecule has 2 aromatic carbocycles. The van der Waals surface area contributed by atoms with E-state index in [4.69, 9.17) is 5.73 Å². The van der Waals surface area contributed by atoms with Crippen molar-refractivity contribution >= 4 is 38.4 Å². The lowest BCUT2D eigenvalue weighted by Gasteiger charge is -2.34. The van der Waals surface area contributed by atoms with Gasteiger partial charge in [-0.25, -0.2) is 9.97 Å². The maximum Gasteiger partial charge on any atom is 0.416 e. The fourth-order valence-corrected chi connectivity index (χ4v) is 5.48. The molecule has 3 N–H and O–H groups in total. The van der Waals surface area contributed by atoms with Crippen LogP contribution in [0.25, 0.3) is 21.5 Å². The van der Waals surface area contributed by atoms with E-state index in [-0.39, 0.29) is 17.8 Å². The molecule has 0 unspecified atom stereocenters. The number of nitrogen functional groups attached to an aromatic ring is 1. The van der Waals surface area contributed by atoms with Crippen LogP contribution in [0, 0.1) is 6.92 Å². The highest BCUT2D eigenvalue weighted by atomic mass is 32.1.